The summed E-state index contributed by atoms with van der Waals surface area (Å²) in [5.41, 5.74) is -1.01. The van der Waals surface area contributed by atoms with E-state index in [2.05, 4.69) is 5.32 Å². The summed E-state index contributed by atoms with van der Waals surface area (Å²) in [6, 6.07) is 0. The fraction of sp³-hybridized carbons (Fsp3) is 0.923. The molecule has 0 aliphatic rings. The van der Waals surface area contributed by atoms with Crippen LogP contribution in [0, 0.1) is 0 Å². The minimum absolute atomic E-state index is 0.141. The Morgan fingerprint density at radius 1 is 1.17 bits per heavy atom. The van der Waals surface area contributed by atoms with Gasteiger partial charge in [0.05, 0.1) is 18.8 Å². The van der Waals surface area contributed by atoms with Gasteiger partial charge in [0.25, 0.3) is 0 Å². The molecule has 0 amide bonds. The van der Waals surface area contributed by atoms with Crippen molar-refractivity contribution in [3.05, 3.63) is 0 Å². The normalized spacial score (nSPS) is 15.4. The van der Waals surface area contributed by atoms with Crippen LogP contribution in [0.2, 0.25) is 0 Å². The zero-order chi connectivity index (χ0) is 14.2. The van der Waals surface area contributed by atoms with Crippen molar-refractivity contribution in [2.45, 2.75) is 51.7 Å². The summed E-state index contributed by atoms with van der Waals surface area (Å²) in [5.74, 6) is -0.832. The third-order valence-electron chi connectivity index (χ3n) is 2.75. The van der Waals surface area contributed by atoms with Gasteiger partial charge in [0.2, 0.25) is 0 Å². The highest BCUT2D eigenvalue weighted by Crippen LogP contribution is 2.12. The Balaban J connectivity index is 3.60. The number of rotatable bonds is 9. The molecule has 1 unspecified atom stereocenters. The molecule has 1 atom stereocenters. The molecule has 2 N–H and O–H groups in total. The summed E-state index contributed by atoms with van der Waals surface area (Å²) in [6.45, 7) is 9.33. The van der Waals surface area contributed by atoms with E-state index in [0.29, 0.717) is 32.7 Å². The van der Waals surface area contributed by atoms with Gasteiger partial charge >= 0.3 is 5.97 Å². The average Bonchev–Trinajstić information content (AvgIpc) is 2.25. The zero-order valence-electron chi connectivity index (χ0n) is 12.2. The molecule has 18 heavy (non-hydrogen) atoms. The SMILES string of the molecule is CNC(C)(CCCOCCOC(C)(C)C)C(=O)O. The fourth-order valence-electron chi connectivity index (χ4n) is 1.38. The molecule has 0 aromatic rings. The maximum Gasteiger partial charge on any atom is 0.323 e. The molecule has 0 aliphatic heterocycles. The third kappa shape index (κ3) is 7.63. The first-order chi connectivity index (χ1) is 8.21. The topological polar surface area (TPSA) is 67.8 Å². The Morgan fingerprint density at radius 2 is 1.78 bits per heavy atom. The molecular formula is C13H27NO4. The minimum atomic E-state index is -0.870. The summed E-state index contributed by atoms with van der Waals surface area (Å²) in [5, 5.41) is 11.9. The molecule has 0 saturated heterocycles. The number of ether oxygens (including phenoxy) is 2. The monoisotopic (exact) mass is 261 g/mol. The van der Waals surface area contributed by atoms with Crippen LogP contribution in [0.1, 0.15) is 40.5 Å². The summed E-state index contributed by atoms with van der Waals surface area (Å²) in [7, 11) is 1.66. The van der Waals surface area contributed by atoms with Crippen LogP contribution in [0.3, 0.4) is 0 Å². The molecule has 5 nitrogen and oxygen atoms in total. The molecule has 0 fully saturated rings. The van der Waals surface area contributed by atoms with Gasteiger partial charge in [-0.25, -0.2) is 0 Å². The van der Waals surface area contributed by atoms with Crippen molar-refractivity contribution in [1.29, 1.82) is 0 Å². The highest BCUT2D eigenvalue weighted by Gasteiger charge is 2.30. The van der Waals surface area contributed by atoms with Gasteiger partial charge in [0.1, 0.15) is 5.54 Å². The van der Waals surface area contributed by atoms with Gasteiger partial charge in [-0.1, -0.05) is 0 Å². The van der Waals surface area contributed by atoms with Crippen LogP contribution in [-0.2, 0) is 14.3 Å². The Labute approximate surface area is 110 Å². The van der Waals surface area contributed by atoms with Gasteiger partial charge in [-0.2, -0.15) is 0 Å². The first-order valence-electron chi connectivity index (χ1n) is 6.35. The second-order valence-corrected chi connectivity index (χ2v) is 5.56. The summed E-state index contributed by atoms with van der Waals surface area (Å²) < 4.78 is 10.9. The molecule has 0 heterocycles. The number of carbonyl (C=O) groups is 1. The van der Waals surface area contributed by atoms with E-state index in [-0.39, 0.29) is 5.60 Å². The number of carboxylic acid groups (broad SMARTS) is 1. The lowest BCUT2D eigenvalue weighted by molar-refractivity contribution is -0.144. The van der Waals surface area contributed by atoms with E-state index in [0.717, 1.165) is 0 Å². The largest absolute Gasteiger partial charge is 0.480 e. The predicted octanol–water partition coefficient (Wildman–Crippen LogP) is 1.66. The first-order valence-corrected chi connectivity index (χ1v) is 6.35. The van der Waals surface area contributed by atoms with E-state index in [1.165, 1.54) is 0 Å². The Morgan fingerprint density at radius 3 is 2.22 bits per heavy atom. The highest BCUT2D eigenvalue weighted by molar-refractivity contribution is 5.78. The maximum atomic E-state index is 11.0. The molecule has 0 aromatic heterocycles. The van der Waals surface area contributed by atoms with E-state index in [4.69, 9.17) is 14.6 Å². The molecule has 0 aliphatic carbocycles. The zero-order valence-corrected chi connectivity index (χ0v) is 12.2. The van der Waals surface area contributed by atoms with Crippen molar-refractivity contribution in [3.8, 4) is 0 Å². The lowest BCUT2D eigenvalue weighted by Crippen LogP contribution is -2.47. The fourth-order valence-corrected chi connectivity index (χ4v) is 1.38. The van der Waals surface area contributed by atoms with E-state index in [9.17, 15) is 4.79 Å². The number of hydrogen-bond acceptors (Lipinski definition) is 4. The van der Waals surface area contributed by atoms with Crippen LogP contribution in [0.15, 0.2) is 0 Å². The predicted molar refractivity (Wildman–Crippen MR) is 70.9 cm³/mol. The van der Waals surface area contributed by atoms with Crippen LogP contribution < -0.4 is 5.32 Å². The van der Waals surface area contributed by atoms with E-state index in [1.807, 2.05) is 20.8 Å². The van der Waals surface area contributed by atoms with Gasteiger partial charge in [-0.3, -0.25) is 4.79 Å². The van der Waals surface area contributed by atoms with E-state index < -0.39 is 11.5 Å². The molecule has 0 bridgehead atoms. The van der Waals surface area contributed by atoms with Gasteiger partial charge in [-0.15, -0.1) is 0 Å². The second kappa shape index (κ2) is 7.71. The number of carboxylic acids is 1. The standard InChI is InChI=1S/C13H27NO4/c1-12(2,3)18-10-9-17-8-6-7-13(4,14-5)11(15)16/h14H,6-10H2,1-5H3,(H,15,16). The summed E-state index contributed by atoms with van der Waals surface area (Å²) >= 11 is 0. The molecule has 108 valence electrons. The number of nitrogens with one attached hydrogen (secondary N) is 1. The average molecular weight is 261 g/mol. The minimum Gasteiger partial charge on any atom is -0.480 e. The molecule has 0 radical (unpaired) electrons. The smallest absolute Gasteiger partial charge is 0.323 e. The van der Waals surface area contributed by atoms with E-state index in [1.54, 1.807) is 14.0 Å². The number of hydrogen-bond donors (Lipinski definition) is 2. The van der Waals surface area contributed by atoms with Crippen molar-refractivity contribution in [2.75, 3.05) is 26.9 Å². The van der Waals surface area contributed by atoms with E-state index >= 15 is 0 Å². The van der Waals surface area contributed by atoms with Crippen LogP contribution in [0.5, 0.6) is 0 Å². The third-order valence-corrected chi connectivity index (χ3v) is 2.75. The van der Waals surface area contributed by atoms with Crippen LogP contribution in [-0.4, -0.2) is 49.1 Å². The molecule has 0 rings (SSSR count). The van der Waals surface area contributed by atoms with Crippen molar-refractivity contribution >= 4 is 5.97 Å². The van der Waals surface area contributed by atoms with Gasteiger partial charge in [0, 0.05) is 6.61 Å². The Hall–Kier alpha value is -0.650. The van der Waals surface area contributed by atoms with Crippen LogP contribution in [0.4, 0.5) is 0 Å². The maximum absolute atomic E-state index is 11.0. The van der Waals surface area contributed by atoms with Crippen LogP contribution in [0.25, 0.3) is 0 Å². The lowest BCUT2D eigenvalue weighted by Gasteiger charge is -2.24. The lowest BCUT2D eigenvalue weighted by atomic mass is 9.96. The molecular weight excluding hydrogens is 234 g/mol. The highest BCUT2D eigenvalue weighted by atomic mass is 16.5. The Bertz CT molecular complexity index is 250. The molecule has 0 saturated carbocycles. The Kier molecular flexibility index (Phi) is 7.43. The number of likely N-dealkylation sites (N-methyl/N-ethyl adjacent to an activating group) is 1. The number of aliphatic carboxylic acids is 1. The molecule has 5 heteroatoms. The molecule has 0 spiro atoms. The first kappa shape index (κ1) is 17.4. The molecule has 0 aromatic carbocycles. The van der Waals surface area contributed by atoms with Gasteiger partial charge < -0.3 is 19.9 Å². The summed E-state index contributed by atoms with van der Waals surface area (Å²) in [4.78, 5) is 11.0. The van der Waals surface area contributed by atoms with Gasteiger partial charge in [0.15, 0.2) is 0 Å². The quantitative estimate of drug-likeness (QED) is 0.618. The van der Waals surface area contributed by atoms with Gasteiger partial charge in [-0.05, 0) is 47.6 Å². The summed E-state index contributed by atoms with van der Waals surface area (Å²) in [6.07, 6.45) is 1.25. The van der Waals surface area contributed by atoms with Crippen molar-refractivity contribution < 1.29 is 19.4 Å². The van der Waals surface area contributed by atoms with Crippen molar-refractivity contribution in [2.24, 2.45) is 0 Å². The second-order valence-electron chi connectivity index (χ2n) is 5.56. The van der Waals surface area contributed by atoms with Crippen molar-refractivity contribution in [3.63, 3.8) is 0 Å². The van der Waals surface area contributed by atoms with Crippen LogP contribution >= 0.6 is 0 Å². The van der Waals surface area contributed by atoms with Crippen molar-refractivity contribution in [1.82, 2.24) is 5.32 Å².